The van der Waals surface area contributed by atoms with Gasteiger partial charge in [0.05, 0.1) is 12.6 Å². The second kappa shape index (κ2) is 8.23. The van der Waals surface area contributed by atoms with Gasteiger partial charge < -0.3 is 10.1 Å². The summed E-state index contributed by atoms with van der Waals surface area (Å²) >= 11 is 0. The molecule has 0 fully saturated rings. The van der Waals surface area contributed by atoms with Crippen molar-refractivity contribution in [2.75, 3.05) is 13.7 Å². The van der Waals surface area contributed by atoms with Crippen LogP contribution < -0.4 is 5.32 Å². The molecule has 0 rings (SSSR count). The monoisotopic (exact) mass is 243 g/mol. The van der Waals surface area contributed by atoms with Gasteiger partial charge in [0.1, 0.15) is 0 Å². The number of hydrogen-bond donors (Lipinski definition) is 1. The van der Waals surface area contributed by atoms with Crippen LogP contribution in [0.5, 0.6) is 0 Å². The molecule has 0 aliphatic heterocycles. The van der Waals surface area contributed by atoms with Gasteiger partial charge in [0.25, 0.3) is 0 Å². The Balaban J connectivity index is 4.38. The summed E-state index contributed by atoms with van der Waals surface area (Å²) in [5, 5.41) is 2.80. The Morgan fingerprint density at radius 3 is 2.18 bits per heavy atom. The van der Waals surface area contributed by atoms with E-state index in [2.05, 4.69) is 5.32 Å². The van der Waals surface area contributed by atoms with E-state index in [1.165, 1.54) is 0 Å². The highest BCUT2D eigenvalue weighted by Gasteiger charge is 2.23. The van der Waals surface area contributed by atoms with Crippen LogP contribution in [-0.4, -0.2) is 31.4 Å². The Morgan fingerprint density at radius 2 is 1.76 bits per heavy atom. The number of hydrogen-bond acceptors (Lipinski definition) is 3. The molecule has 0 aromatic carbocycles. The summed E-state index contributed by atoms with van der Waals surface area (Å²) in [6.07, 6.45) is 0.992. The number of Topliss-reactive ketones (excluding diaryl/α,β-unsaturated/α-hetero) is 1. The lowest BCUT2D eigenvalue weighted by Crippen LogP contribution is -2.43. The zero-order valence-corrected chi connectivity index (χ0v) is 11.6. The van der Waals surface area contributed by atoms with Crippen LogP contribution in [0.1, 0.15) is 40.5 Å². The molecule has 0 spiro atoms. The first-order valence-electron chi connectivity index (χ1n) is 6.20. The van der Waals surface area contributed by atoms with Crippen LogP contribution in [0.3, 0.4) is 0 Å². The van der Waals surface area contributed by atoms with E-state index in [9.17, 15) is 9.59 Å². The minimum absolute atomic E-state index is 0.0542. The number of nitrogens with one attached hydrogen (secondary N) is 1. The Labute approximate surface area is 104 Å². The van der Waals surface area contributed by atoms with Gasteiger partial charge in [-0.2, -0.15) is 0 Å². The van der Waals surface area contributed by atoms with Crippen molar-refractivity contribution in [2.24, 2.45) is 11.8 Å². The van der Waals surface area contributed by atoms with E-state index in [1.54, 1.807) is 7.11 Å². The number of amides is 1. The van der Waals surface area contributed by atoms with Crippen molar-refractivity contribution in [2.45, 2.75) is 46.6 Å². The third kappa shape index (κ3) is 7.10. The average Bonchev–Trinajstić information content (AvgIpc) is 2.23. The van der Waals surface area contributed by atoms with Crippen LogP contribution in [0.4, 0.5) is 0 Å². The predicted molar refractivity (Wildman–Crippen MR) is 67.7 cm³/mol. The molecule has 0 aliphatic rings. The summed E-state index contributed by atoms with van der Waals surface area (Å²) in [4.78, 5) is 23.5. The fourth-order valence-electron chi connectivity index (χ4n) is 1.58. The fraction of sp³-hybridized carbons (Fsp3) is 0.846. The van der Waals surface area contributed by atoms with Gasteiger partial charge in [-0.05, 0) is 12.3 Å². The molecule has 1 unspecified atom stereocenters. The third-order valence-electron chi connectivity index (χ3n) is 2.49. The summed E-state index contributed by atoms with van der Waals surface area (Å²) in [5.74, 6) is 0.308. The molecule has 0 aliphatic carbocycles. The molecule has 0 radical (unpaired) electrons. The predicted octanol–water partition coefficient (Wildman–Crippen LogP) is 1.78. The lowest BCUT2D eigenvalue weighted by molar-refractivity contribution is -0.130. The van der Waals surface area contributed by atoms with Gasteiger partial charge in [0.15, 0.2) is 5.78 Å². The number of rotatable bonds is 8. The number of carbonyl (C=O) groups is 2. The highest BCUT2D eigenvalue weighted by Crippen LogP contribution is 2.10. The van der Waals surface area contributed by atoms with Gasteiger partial charge in [0, 0.05) is 19.4 Å². The van der Waals surface area contributed by atoms with Gasteiger partial charge in [-0.1, -0.05) is 27.7 Å². The standard InChI is InChI=1S/C13H25NO3/c1-9(2)8-11(13(16)10(3)4)14-12(15)6-7-17-5/h9-11H,6-8H2,1-5H3,(H,14,15). The number of methoxy groups -OCH3 is 1. The second-order valence-electron chi connectivity index (χ2n) is 5.05. The third-order valence-corrected chi connectivity index (χ3v) is 2.49. The topological polar surface area (TPSA) is 55.4 Å². The highest BCUT2D eigenvalue weighted by molar-refractivity contribution is 5.90. The fourth-order valence-corrected chi connectivity index (χ4v) is 1.58. The average molecular weight is 243 g/mol. The molecule has 0 aromatic heterocycles. The SMILES string of the molecule is COCCC(=O)NC(CC(C)C)C(=O)C(C)C. The molecular formula is C13H25NO3. The Bertz CT molecular complexity index is 249. The normalized spacial score (nSPS) is 12.9. The van der Waals surface area contributed by atoms with Gasteiger partial charge >= 0.3 is 0 Å². The largest absolute Gasteiger partial charge is 0.384 e. The van der Waals surface area contributed by atoms with Crippen molar-refractivity contribution >= 4 is 11.7 Å². The molecule has 0 heterocycles. The van der Waals surface area contributed by atoms with Crippen molar-refractivity contribution in [1.82, 2.24) is 5.32 Å². The molecule has 1 N–H and O–H groups in total. The van der Waals surface area contributed by atoms with Crippen molar-refractivity contribution in [3.8, 4) is 0 Å². The highest BCUT2D eigenvalue weighted by atomic mass is 16.5. The lowest BCUT2D eigenvalue weighted by Gasteiger charge is -2.21. The number of ether oxygens (including phenoxy) is 1. The maximum absolute atomic E-state index is 11.9. The maximum Gasteiger partial charge on any atom is 0.222 e. The number of carbonyl (C=O) groups excluding carboxylic acids is 2. The first kappa shape index (κ1) is 16.1. The molecule has 4 nitrogen and oxygen atoms in total. The minimum atomic E-state index is -0.362. The van der Waals surface area contributed by atoms with Crippen molar-refractivity contribution < 1.29 is 14.3 Å². The van der Waals surface area contributed by atoms with E-state index in [4.69, 9.17) is 4.74 Å². The van der Waals surface area contributed by atoms with Crippen molar-refractivity contribution in [1.29, 1.82) is 0 Å². The summed E-state index contributed by atoms with van der Waals surface area (Å²) in [6.45, 7) is 8.19. The van der Waals surface area contributed by atoms with Crippen LogP contribution in [0, 0.1) is 11.8 Å². The van der Waals surface area contributed by atoms with E-state index in [0.717, 1.165) is 0 Å². The van der Waals surface area contributed by atoms with Gasteiger partial charge in [0.2, 0.25) is 5.91 Å². The maximum atomic E-state index is 11.9. The quantitative estimate of drug-likeness (QED) is 0.707. The molecule has 4 heteroatoms. The molecular weight excluding hydrogens is 218 g/mol. The van der Waals surface area contributed by atoms with E-state index in [-0.39, 0.29) is 23.7 Å². The lowest BCUT2D eigenvalue weighted by atomic mass is 9.94. The Morgan fingerprint density at radius 1 is 1.18 bits per heavy atom. The summed E-state index contributed by atoms with van der Waals surface area (Å²) in [7, 11) is 1.55. The molecule has 0 aromatic rings. The zero-order valence-electron chi connectivity index (χ0n) is 11.6. The van der Waals surface area contributed by atoms with E-state index < -0.39 is 0 Å². The first-order chi connectivity index (χ1) is 7.88. The van der Waals surface area contributed by atoms with Crippen LogP contribution in [0.25, 0.3) is 0 Å². The van der Waals surface area contributed by atoms with E-state index >= 15 is 0 Å². The van der Waals surface area contributed by atoms with Gasteiger partial charge in [-0.25, -0.2) is 0 Å². The summed E-state index contributed by atoms with van der Waals surface area (Å²) < 4.78 is 4.84. The molecule has 1 atom stereocenters. The zero-order chi connectivity index (χ0) is 13.4. The van der Waals surface area contributed by atoms with Gasteiger partial charge in [-0.3, -0.25) is 9.59 Å². The molecule has 17 heavy (non-hydrogen) atoms. The molecule has 1 amide bonds. The van der Waals surface area contributed by atoms with Crippen LogP contribution in [-0.2, 0) is 14.3 Å². The number of ketones is 1. The molecule has 0 bridgehead atoms. The minimum Gasteiger partial charge on any atom is -0.384 e. The smallest absolute Gasteiger partial charge is 0.222 e. The van der Waals surface area contributed by atoms with Crippen LogP contribution in [0.15, 0.2) is 0 Å². The first-order valence-corrected chi connectivity index (χ1v) is 6.20. The Kier molecular flexibility index (Phi) is 7.79. The van der Waals surface area contributed by atoms with Gasteiger partial charge in [-0.15, -0.1) is 0 Å². The molecule has 0 saturated heterocycles. The second-order valence-corrected chi connectivity index (χ2v) is 5.05. The molecule has 0 saturated carbocycles. The van der Waals surface area contributed by atoms with E-state index in [0.29, 0.717) is 25.4 Å². The van der Waals surface area contributed by atoms with Crippen molar-refractivity contribution in [3.05, 3.63) is 0 Å². The van der Waals surface area contributed by atoms with E-state index in [1.807, 2.05) is 27.7 Å². The summed E-state index contributed by atoms with van der Waals surface area (Å²) in [6, 6.07) is -0.362. The van der Waals surface area contributed by atoms with Crippen LogP contribution in [0.2, 0.25) is 0 Å². The summed E-state index contributed by atoms with van der Waals surface area (Å²) in [5.41, 5.74) is 0. The van der Waals surface area contributed by atoms with Crippen LogP contribution >= 0.6 is 0 Å². The molecule has 100 valence electrons. The Hall–Kier alpha value is -0.900. The van der Waals surface area contributed by atoms with Crippen molar-refractivity contribution in [3.63, 3.8) is 0 Å².